The van der Waals surface area contributed by atoms with Crippen LogP contribution in [0.1, 0.15) is 50.7 Å². The zero-order valence-electron chi connectivity index (χ0n) is 18.7. The number of benzene rings is 1. The van der Waals surface area contributed by atoms with Crippen LogP contribution >= 0.6 is 0 Å². The number of anilines is 2. The predicted octanol–water partition coefficient (Wildman–Crippen LogP) is 2.00. The summed E-state index contributed by atoms with van der Waals surface area (Å²) >= 11 is 0. The Kier molecular flexibility index (Phi) is 5.52. The number of nitrogens with one attached hydrogen (secondary N) is 3. The fourth-order valence-corrected chi connectivity index (χ4v) is 5.87. The quantitative estimate of drug-likeness (QED) is 0.534. The van der Waals surface area contributed by atoms with Gasteiger partial charge >= 0.3 is 0 Å². The van der Waals surface area contributed by atoms with Gasteiger partial charge in [0.1, 0.15) is 17.0 Å². The van der Waals surface area contributed by atoms with E-state index in [-0.39, 0.29) is 39.9 Å². The molecule has 2 aliphatic rings. The third-order valence-corrected chi connectivity index (χ3v) is 7.72. The smallest absolute Gasteiger partial charge is 0.265 e. The molecule has 3 N–H and O–H groups in total. The van der Waals surface area contributed by atoms with Crippen molar-refractivity contribution in [3.63, 3.8) is 0 Å². The lowest BCUT2D eigenvalue weighted by molar-refractivity contribution is 0.0949. The van der Waals surface area contributed by atoms with Gasteiger partial charge in [-0.3, -0.25) is 14.2 Å². The SMILES string of the molecule is CC(C)CCC1(C)CC(=C2Nc3ccc(NS(C)(=O)=O)cc3S(=O)(=O)N2)C(=O)c2ncnn21. The van der Waals surface area contributed by atoms with E-state index in [1.54, 1.807) is 4.68 Å². The molecule has 1 aromatic carbocycles. The van der Waals surface area contributed by atoms with E-state index in [9.17, 15) is 21.6 Å². The normalized spacial score (nSPS) is 24.0. The van der Waals surface area contributed by atoms with Crippen LogP contribution < -0.4 is 14.8 Å². The Morgan fingerprint density at radius 3 is 2.70 bits per heavy atom. The number of nitrogens with zero attached hydrogens (tertiary/aromatic N) is 3. The average Bonchev–Trinajstić information content (AvgIpc) is 3.20. The second-order valence-corrected chi connectivity index (χ2v) is 12.5. The van der Waals surface area contributed by atoms with Crippen molar-refractivity contribution in [2.75, 3.05) is 16.3 Å². The number of rotatable bonds is 5. The molecule has 1 aromatic heterocycles. The van der Waals surface area contributed by atoms with Gasteiger partial charge in [0.05, 0.1) is 17.5 Å². The number of aromatic nitrogens is 3. The van der Waals surface area contributed by atoms with Crippen molar-refractivity contribution in [2.45, 2.75) is 50.5 Å². The van der Waals surface area contributed by atoms with Crippen molar-refractivity contribution >= 4 is 37.2 Å². The summed E-state index contributed by atoms with van der Waals surface area (Å²) in [7, 11) is -7.65. The maximum Gasteiger partial charge on any atom is 0.265 e. The van der Waals surface area contributed by atoms with Crippen LogP contribution in [0.4, 0.5) is 11.4 Å². The van der Waals surface area contributed by atoms with Crippen LogP contribution in [0.25, 0.3) is 0 Å². The van der Waals surface area contributed by atoms with Gasteiger partial charge in [0.25, 0.3) is 10.0 Å². The van der Waals surface area contributed by atoms with E-state index in [0.29, 0.717) is 5.92 Å². The minimum Gasteiger partial charge on any atom is -0.340 e. The van der Waals surface area contributed by atoms with Gasteiger partial charge in [0, 0.05) is 17.7 Å². The Labute approximate surface area is 192 Å². The third kappa shape index (κ3) is 4.47. The van der Waals surface area contributed by atoms with E-state index in [1.165, 1.54) is 24.5 Å². The fraction of sp³-hybridized carbons (Fsp3) is 0.450. The maximum absolute atomic E-state index is 13.2. The fourth-order valence-electron chi connectivity index (χ4n) is 4.07. The highest BCUT2D eigenvalue weighted by Gasteiger charge is 2.42. The summed E-state index contributed by atoms with van der Waals surface area (Å²) in [4.78, 5) is 17.2. The molecule has 11 nitrogen and oxygen atoms in total. The minimum atomic E-state index is -4.07. The van der Waals surface area contributed by atoms with Gasteiger partial charge in [-0.2, -0.15) is 5.10 Å². The van der Waals surface area contributed by atoms with E-state index in [0.717, 1.165) is 19.1 Å². The lowest BCUT2D eigenvalue weighted by Gasteiger charge is -2.37. The molecule has 0 amide bonds. The molecule has 1 unspecified atom stereocenters. The summed E-state index contributed by atoms with van der Waals surface area (Å²) in [6.07, 6.45) is 4.20. The number of sulfonamides is 2. The molecule has 0 saturated carbocycles. The predicted molar refractivity (Wildman–Crippen MR) is 123 cm³/mol. The zero-order chi connectivity index (χ0) is 24.2. The van der Waals surface area contributed by atoms with Crippen molar-refractivity contribution in [1.82, 2.24) is 19.5 Å². The van der Waals surface area contributed by atoms with Gasteiger partial charge in [-0.25, -0.2) is 26.5 Å². The second-order valence-electron chi connectivity index (χ2n) is 9.10. The van der Waals surface area contributed by atoms with Crippen molar-refractivity contribution in [3.05, 3.63) is 41.7 Å². The van der Waals surface area contributed by atoms with E-state index < -0.39 is 31.4 Å². The van der Waals surface area contributed by atoms with Crippen molar-refractivity contribution in [1.29, 1.82) is 0 Å². The number of carbonyl (C=O) groups excluding carboxylic acids is 1. The molecule has 0 fully saturated rings. The van der Waals surface area contributed by atoms with Crippen LogP contribution in [0, 0.1) is 5.92 Å². The number of Topliss-reactive ketones (excluding diaryl/α,β-unsaturated/α-hetero) is 1. The molecule has 0 aliphatic carbocycles. The zero-order valence-corrected chi connectivity index (χ0v) is 20.3. The third-order valence-electron chi connectivity index (χ3n) is 5.73. The second kappa shape index (κ2) is 7.83. The van der Waals surface area contributed by atoms with Crippen LogP contribution in [0.5, 0.6) is 0 Å². The Bertz CT molecular complexity index is 1380. The number of ketones is 1. The largest absolute Gasteiger partial charge is 0.340 e. The van der Waals surface area contributed by atoms with Crippen molar-refractivity contribution in [3.8, 4) is 0 Å². The molecule has 1 atom stereocenters. The summed E-state index contributed by atoms with van der Waals surface area (Å²) < 4.78 is 55.4. The summed E-state index contributed by atoms with van der Waals surface area (Å²) in [6, 6.07) is 4.12. The molecule has 0 bridgehead atoms. The van der Waals surface area contributed by atoms with Gasteiger partial charge < -0.3 is 5.32 Å². The van der Waals surface area contributed by atoms with Gasteiger partial charge in [-0.15, -0.1) is 0 Å². The van der Waals surface area contributed by atoms with Gasteiger partial charge in [-0.05, 0) is 43.9 Å². The monoisotopic (exact) mass is 494 g/mol. The van der Waals surface area contributed by atoms with E-state index in [2.05, 4.69) is 38.7 Å². The summed E-state index contributed by atoms with van der Waals surface area (Å²) in [5.74, 6) is 0.268. The van der Waals surface area contributed by atoms with Gasteiger partial charge in [0.15, 0.2) is 5.82 Å². The first kappa shape index (κ1) is 23.2. The highest BCUT2D eigenvalue weighted by atomic mass is 32.2. The molecule has 13 heteroatoms. The molecule has 4 rings (SSSR count). The van der Waals surface area contributed by atoms with Crippen LogP contribution in [0.3, 0.4) is 0 Å². The molecule has 2 aromatic rings. The Hall–Kier alpha value is -2.93. The standard InChI is InChI=1S/C20H26N6O5S2/c1-12(2)7-8-20(3)10-14(17(27)19-21-11-22-26(19)20)18-23-15-6-5-13(24-32(4,28)29)9-16(15)33(30,31)25-18/h5-6,9,11-12,23-25H,7-8,10H2,1-4H3. The highest BCUT2D eigenvalue weighted by molar-refractivity contribution is 7.92. The molecule has 2 aliphatic heterocycles. The first-order chi connectivity index (χ1) is 15.3. The minimum absolute atomic E-state index is 0.0707. The summed E-state index contributed by atoms with van der Waals surface area (Å²) in [6.45, 7) is 6.20. The van der Waals surface area contributed by atoms with Gasteiger partial charge in [0.2, 0.25) is 15.8 Å². The molecule has 178 valence electrons. The topological polar surface area (TPSA) is 152 Å². The average molecular weight is 495 g/mol. The Balaban J connectivity index is 1.77. The molecular weight excluding hydrogens is 468 g/mol. The lowest BCUT2D eigenvalue weighted by atomic mass is 9.82. The summed E-state index contributed by atoms with van der Waals surface area (Å²) in [5.41, 5.74) is 0.0687. The molecular formula is C20H26N6O5S2. The highest BCUT2D eigenvalue weighted by Crippen LogP contribution is 2.39. The van der Waals surface area contributed by atoms with Crippen LogP contribution in [-0.2, 0) is 25.6 Å². The number of fused-ring (bicyclic) bond motifs is 2. The van der Waals surface area contributed by atoms with Crippen molar-refractivity contribution in [2.24, 2.45) is 5.92 Å². The molecule has 0 spiro atoms. The number of allylic oxidation sites excluding steroid dienone is 1. The first-order valence-corrected chi connectivity index (χ1v) is 13.8. The number of carbonyl (C=O) groups is 1. The Morgan fingerprint density at radius 1 is 1.30 bits per heavy atom. The molecule has 3 heterocycles. The first-order valence-electron chi connectivity index (χ1n) is 10.4. The van der Waals surface area contributed by atoms with Crippen LogP contribution in [0.15, 0.2) is 40.8 Å². The molecule has 0 saturated heterocycles. The number of hydrogen-bond acceptors (Lipinski definition) is 8. The maximum atomic E-state index is 13.2. The van der Waals surface area contributed by atoms with Crippen molar-refractivity contribution < 1.29 is 21.6 Å². The van der Waals surface area contributed by atoms with Crippen LogP contribution in [-0.4, -0.2) is 43.6 Å². The Morgan fingerprint density at radius 2 is 2.03 bits per heavy atom. The van der Waals surface area contributed by atoms with Crippen LogP contribution in [0.2, 0.25) is 0 Å². The number of hydrogen-bond donors (Lipinski definition) is 3. The lowest BCUT2D eigenvalue weighted by Crippen LogP contribution is -2.43. The summed E-state index contributed by atoms with van der Waals surface area (Å²) in [5, 5.41) is 7.27. The van der Waals surface area contributed by atoms with Gasteiger partial charge in [-0.1, -0.05) is 13.8 Å². The van der Waals surface area contributed by atoms with E-state index in [4.69, 9.17) is 0 Å². The molecule has 33 heavy (non-hydrogen) atoms. The van der Waals surface area contributed by atoms with E-state index in [1.807, 2.05) is 6.92 Å². The van der Waals surface area contributed by atoms with E-state index >= 15 is 0 Å². The molecule has 0 radical (unpaired) electrons.